The lowest BCUT2D eigenvalue weighted by molar-refractivity contribution is 0.907. The Hall–Kier alpha value is -1.04. The summed E-state index contributed by atoms with van der Waals surface area (Å²) in [6, 6.07) is 4.34. The average molecular weight is 174 g/mol. The van der Waals surface area contributed by atoms with Crippen molar-refractivity contribution in [3.05, 3.63) is 41.0 Å². The maximum absolute atomic E-state index is 3.84. The number of aryl methyl sites for hydroxylation is 1. The molecule has 0 nitrogen and oxygen atoms in total. The van der Waals surface area contributed by atoms with Gasteiger partial charge in [-0.05, 0) is 42.5 Å². The minimum Gasteiger partial charge on any atom is -0.0985 e. The Morgan fingerprint density at radius 2 is 2.00 bits per heavy atom. The lowest BCUT2D eigenvalue weighted by Gasteiger charge is -2.11. The van der Waals surface area contributed by atoms with Crippen molar-refractivity contribution in [3.8, 4) is 0 Å². The molecule has 0 spiro atoms. The fourth-order valence-electron chi connectivity index (χ4n) is 1.67. The van der Waals surface area contributed by atoms with Crippen LogP contribution >= 0.6 is 0 Å². The van der Waals surface area contributed by atoms with Crippen molar-refractivity contribution in [2.75, 3.05) is 0 Å². The fourth-order valence-corrected chi connectivity index (χ4v) is 1.67. The minimum atomic E-state index is 1.16. The molecule has 0 heteroatoms. The van der Waals surface area contributed by atoms with Gasteiger partial charge in [0.05, 0.1) is 0 Å². The predicted octanol–water partition coefficient (Wildman–Crippen LogP) is 3.90. The summed E-state index contributed by atoms with van der Waals surface area (Å²) in [5.74, 6) is 0. The number of benzene rings is 1. The second-order valence-corrected chi connectivity index (χ2v) is 3.53. The summed E-state index contributed by atoms with van der Waals surface area (Å²) >= 11 is 0. The van der Waals surface area contributed by atoms with Crippen LogP contribution in [0.2, 0.25) is 0 Å². The van der Waals surface area contributed by atoms with Gasteiger partial charge in [-0.2, -0.15) is 0 Å². The van der Waals surface area contributed by atoms with Gasteiger partial charge in [-0.1, -0.05) is 38.1 Å². The summed E-state index contributed by atoms with van der Waals surface area (Å²) in [6.07, 6.45) is 4.32. The maximum atomic E-state index is 3.84. The Balaban J connectivity index is 3.23. The number of hydrogen-bond donors (Lipinski definition) is 0. The van der Waals surface area contributed by atoms with E-state index in [9.17, 15) is 0 Å². The minimum absolute atomic E-state index is 1.16. The van der Waals surface area contributed by atoms with E-state index in [0.29, 0.717) is 0 Å². The zero-order valence-corrected chi connectivity index (χ0v) is 8.85. The zero-order valence-electron chi connectivity index (χ0n) is 8.85. The van der Waals surface area contributed by atoms with Crippen LogP contribution < -0.4 is 0 Å². The first-order chi connectivity index (χ1) is 6.20. The van der Waals surface area contributed by atoms with Gasteiger partial charge in [-0.15, -0.1) is 0 Å². The SMILES string of the molecule is C=Cc1ccc(C)c(C)c1CCC. The molecule has 1 rings (SSSR count). The molecule has 0 fully saturated rings. The van der Waals surface area contributed by atoms with Crippen molar-refractivity contribution in [3.63, 3.8) is 0 Å². The molecular formula is C13H18. The standard InChI is InChI=1S/C13H18/c1-5-7-13-11(4)10(3)8-9-12(13)6-2/h6,8-9H,2,5,7H2,1,3-4H3. The Labute approximate surface area is 81.3 Å². The van der Waals surface area contributed by atoms with Gasteiger partial charge < -0.3 is 0 Å². The van der Waals surface area contributed by atoms with Gasteiger partial charge in [0, 0.05) is 0 Å². The molecule has 1 aromatic carbocycles. The smallest absolute Gasteiger partial charge is 0.0228 e. The van der Waals surface area contributed by atoms with Gasteiger partial charge in [-0.25, -0.2) is 0 Å². The van der Waals surface area contributed by atoms with E-state index in [1.54, 1.807) is 0 Å². The van der Waals surface area contributed by atoms with Crippen LogP contribution in [0.1, 0.15) is 35.6 Å². The molecule has 70 valence electrons. The van der Waals surface area contributed by atoms with Gasteiger partial charge in [-0.3, -0.25) is 0 Å². The summed E-state index contributed by atoms with van der Waals surface area (Å²) in [5, 5.41) is 0. The topological polar surface area (TPSA) is 0 Å². The lowest BCUT2D eigenvalue weighted by Crippen LogP contribution is -1.95. The monoisotopic (exact) mass is 174 g/mol. The summed E-state index contributed by atoms with van der Waals surface area (Å²) < 4.78 is 0. The van der Waals surface area contributed by atoms with Crippen LogP contribution in [0.25, 0.3) is 6.08 Å². The van der Waals surface area contributed by atoms with Crippen LogP contribution in [0.4, 0.5) is 0 Å². The van der Waals surface area contributed by atoms with Crippen LogP contribution in [0.15, 0.2) is 18.7 Å². The highest BCUT2D eigenvalue weighted by molar-refractivity contribution is 5.55. The van der Waals surface area contributed by atoms with Crippen molar-refractivity contribution >= 4 is 6.08 Å². The zero-order chi connectivity index (χ0) is 9.84. The molecule has 0 radical (unpaired) electrons. The molecule has 0 aliphatic heterocycles. The summed E-state index contributed by atoms with van der Waals surface area (Å²) in [5.41, 5.74) is 5.58. The second kappa shape index (κ2) is 4.27. The van der Waals surface area contributed by atoms with E-state index < -0.39 is 0 Å². The molecule has 1 aromatic rings. The predicted molar refractivity (Wildman–Crippen MR) is 60.0 cm³/mol. The van der Waals surface area contributed by atoms with Crippen LogP contribution in [0, 0.1) is 13.8 Å². The third-order valence-electron chi connectivity index (χ3n) is 2.63. The Morgan fingerprint density at radius 3 is 2.54 bits per heavy atom. The van der Waals surface area contributed by atoms with Crippen LogP contribution in [-0.2, 0) is 6.42 Å². The summed E-state index contributed by atoms with van der Waals surface area (Å²) in [4.78, 5) is 0. The second-order valence-electron chi connectivity index (χ2n) is 3.53. The van der Waals surface area contributed by atoms with Gasteiger partial charge in [0.25, 0.3) is 0 Å². The van der Waals surface area contributed by atoms with Gasteiger partial charge in [0.2, 0.25) is 0 Å². The van der Waals surface area contributed by atoms with E-state index >= 15 is 0 Å². The molecule has 0 aromatic heterocycles. The largest absolute Gasteiger partial charge is 0.0985 e. The van der Waals surface area contributed by atoms with Crippen LogP contribution in [-0.4, -0.2) is 0 Å². The first kappa shape index (κ1) is 10.0. The van der Waals surface area contributed by atoms with Crippen molar-refractivity contribution in [1.82, 2.24) is 0 Å². The highest BCUT2D eigenvalue weighted by Crippen LogP contribution is 2.20. The van der Waals surface area contributed by atoms with Crippen molar-refractivity contribution < 1.29 is 0 Å². The normalized spacial score (nSPS) is 10.1. The Morgan fingerprint density at radius 1 is 1.31 bits per heavy atom. The van der Waals surface area contributed by atoms with E-state index in [-0.39, 0.29) is 0 Å². The summed E-state index contributed by atoms with van der Waals surface area (Å²) in [7, 11) is 0. The molecule has 13 heavy (non-hydrogen) atoms. The van der Waals surface area contributed by atoms with Crippen molar-refractivity contribution in [1.29, 1.82) is 0 Å². The highest BCUT2D eigenvalue weighted by atomic mass is 14.1. The quantitative estimate of drug-likeness (QED) is 0.652. The van der Waals surface area contributed by atoms with Gasteiger partial charge in [0.15, 0.2) is 0 Å². The van der Waals surface area contributed by atoms with E-state index in [1.165, 1.54) is 28.7 Å². The molecule has 0 N–H and O–H groups in total. The molecule has 0 aliphatic carbocycles. The fraction of sp³-hybridized carbons (Fsp3) is 0.385. The van der Waals surface area contributed by atoms with Crippen LogP contribution in [0.5, 0.6) is 0 Å². The Bertz CT molecular complexity index is 308. The molecule has 0 atom stereocenters. The van der Waals surface area contributed by atoms with E-state index in [4.69, 9.17) is 0 Å². The van der Waals surface area contributed by atoms with Crippen molar-refractivity contribution in [2.24, 2.45) is 0 Å². The van der Waals surface area contributed by atoms with E-state index in [1.807, 2.05) is 6.08 Å². The highest BCUT2D eigenvalue weighted by Gasteiger charge is 2.03. The molecule has 0 aliphatic rings. The molecule has 0 saturated carbocycles. The first-order valence-electron chi connectivity index (χ1n) is 4.92. The number of rotatable bonds is 3. The lowest BCUT2D eigenvalue weighted by atomic mass is 9.94. The molecule has 0 unspecified atom stereocenters. The maximum Gasteiger partial charge on any atom is -0.0228 e. The molecule has 0 amide bonds. The summed E-state index contributed by atoms with van der Waals surface area (Å²) in [6.45, 7) is 10.4. The van der Waals surface area contributed by atoms with E-state index in [0.717, 1.165) is 6.42 Å². The van der Waals surface area contributed by atoms with Crippen molar-refractivity contribution in [2.45, 2.75) is 33.6 Å². The third kappa shape index (κ3) is 2.00. The number of hydrogen-bond acceptors (Lipinski definition) is 0. The first-order valence-corrected chi connectivity index (χ1v) is 4.92. The van der Waals surface area contributed by atoms with Crippen LogP contribution in [0.3, 0.4) is 0 Å². The van der Waals surface area contributed by atoms with Gasteiger partial charge >= 0.3 is 0 Å². The van der Waals surface area contributed by atoms with Gasteiger partial charge in [0.1, 0.15) is 0 Å². The Kier molecular flexibility index (Phi) is 3.30. The average Bonchev–Trinajstić information content (AvgIpc) is 2.14. The molecule has 0 heterocycles. The molecule has 0 bridgehead atoms. The molecular weight excluding hydrogens is 156 g/mol. The third-order valence-corrected chi connectivity index (χ3v) is 2.63. The molecule has 0 saturated heterocycles. The van der Waals surface area contributed by atoms with E-state index in [2.05, 4.69) is 39.5 Å².